The number of benzene rings is 2. The number of imidazole rings is 1. The molecule has 0 bridgehead atoms. The largest absolute Gasteiger partial charge is 0.573 e. The van der Waals surface area contributed by atoms with Gasteiger partial charge in [0.05, 0.1) is 11.3 Å². The molecule has 2 heterocycles. The van der Waals surface area contributed by atoms with Crippen LogP contribution in [0.4, 0.5) is 37.8 Å². The van der Waals surface area contributed by atoms with Gasteiger partial charge in [-0.05, 0) is 44.4 Å². The van der Waals surface area contributed by atoms with Crippen LogP contribution in [0.1, 0.15) is 35.7 Å². The van der Waals surface area contributed by atoms with Crippen molar-refractivity contribution < 1.29 is 35.6 Å². The van der Waals surface area contributed by atoms with Gasteiger partial charge in [-0.1, -0.05) is 18.2 Å². The average Bonchev–Trinajstić information content (AvgIpc) is 3.47. The van der Waals surface area contributed by atoms with E-state index < -0.39 is 31.1 Å². The maximum atomic E-state index is 13.4. The molecule has 15 heteroatoms. The summed E-state index contributed by atoms with van der Waals surface area (Å²) in [5, 5.41) is 5.68. The fourth-order valence-corrected chi connectivity index (χ4v) is 5.46. The molecule has 2 aromatic heterocycles. The van der Waals surface area contributed by atoms with E-state index in [9.17, 15) is 30.9 Å². The number of halogens is 6. The van der Waals surface area contributed by atoms with Gasteiger partial charge in [-0.25, -0.2) is 9.98 Å². The highest BCUT2D eigenvalue weighted by atomic mass is 31.2. The molecular weight excluding hydrogens is 585 g/mol. The van der Waals surface area contributed by atoms with Crippen molar-refractivity contribution in [2.75, 3.05) is 19.1 Å². The summed E-state index contributed by atoms with van der Waals surface area (Å²) in [5.74, 6) is -0.527. The van der Waals surface area contributed by atoms with E-state index in [1.54, 1.807) is 29.8 Å². The summed E-state index contributed by atoms with van der Waals surface area (Å²) in [4.78, 5) is 8.81. The molecule has 0 radical (unpaired) electrons. The third-order valence-electron chi connectivity index (χ3n) is 6.75. The van der Waals surface area contributed by atoms with Crippen LogP contribution in [0.2, 0.25) is 0 Å². The first kappa shape index (κ1) is 29.4. The predicted octanol–water partition coefficient (Wildman–Crippen LogP) is 6.85. The Hall–Kier alpha value is -4.06. The normalized spacial score (nSPS) is 14.6. The average molecular weight is 610 g/mol. The number of rotatable bonds is 7. The summed E-state index contributed by atoms with van der Waals surface area (Å²) in [5.41, 5.74) is 7.47. The van der Waals surface area contributed by atoms with E-state index in [1.807, 2.05) is 5.10 Å². The molecule has 42 heavy (non-hydrogen) atoms. The van der Waals surface area contributed by atoms with Crippen LogP contribution < -0.4 is 15.8 Å². The number of H-pyrrole nitrogens is 1. The number of aromatic nitrogens is 4. The van der Waals surface area contributed by atoms with Crippen molar-refractivity contribution in [2.24, 2.45) is 12.0 Å². The molecule has 5 rings (SSSR count). The number of nitrogen functional groups attached to an aromatic ring is 1. The molecule has 1 fully saturated rings. The Balaban J connectivity index is 1.65. The number of hydrogen-bond acceptors (Lipinski definition) is 6. The molecule has 1 aliphatic rings. The number of aliphatic imine (C=N–C) groups is 1. The van der Waals surface area contributed by atoms with E-state index in [4.69, 9.17) is 10.7 Å². The van der Waals surface area contributed by atoms with Crippen molar-refractivity contribution in [3.63, 3.8) is 0 Å². The number of hydrogen-bond donors (Lipinski definition) is 2. The summed E-state index contributed by atoms with van der Waals surface area (Å²) in [6.07, 6.45) is -6.71. The number of ether oxygens (including phenoxy) is 1. The highest BCUT2D eigenvalue weighted by molar-refractivity contribution is 7.70. The standard InChI is InChI=1S/C27H25F6N6O2P/c1-39-24(14-7-8-14)23(36-25(39)17-10-9-15(42(2,3)40)11-20(17)41-27(31,32)33)16-5-4-6-19(34)18(16)13-35-22-12-21(37-38-22)26(28,29)30/h4-6,9-14H,7-8,34H2,1-3H3,(H,37,38). The lowest BCUT2D eigenvalue weighted by Gasteiger charge is -2.16. The summed E-state index contributed by atoms with van der Waals surface area (Å²) >= 11 is 0. The monoisotopic (exact) mass is 610 g/mol. The van der Waals surface area contributed by atoms with Gasteiger partial charge in [0.1, 0.15) is 24.4 Å². The molecule has 0 spiro atoms. The molecule has 0 saturated heterocycles. The lowest BCUT2D eigenvalue weighted by Crippen LogP contribution is -2.19. The molecule has 0 amide bonds. The summed E-state index contributed by atoms with van der Waals surface area (Å²) < 4.78 is 97.9. The first-order valence-electron chi connectivity index (χ1n) is 12.6. The Labute approximate surface area is 236 Å². The lowest BCUT2D eigenvalue weighted by molar-refractivity contribution is -0.274. The number of nitrogens with zero attached hydrogens (tertiary/aromatic N) is 4. The smallest absolute Gasteiger partial charge is 0.405 e. The van der Waals surface area contributed by atoms with Crippen molar-refractivity contribution in [3.05, 3.63) is 59.4 Å². The zero-order valence-electron chi connectivity index (χ0n) is 22.5. The fourth-order valence-electron chi connectivity index (χ4n) is 4.60. The third-order valence-corrected chi connectivity index (χ3v) is 8.27. The zero-order valence-corrected chi connectivity index (χ0v) is 23.4. The maximum absolute atomic E-state index is 13.4. The van der Waals surface area contributed by atoms with E-state index in [-0.39, 0.29) is 34.1 Å². The Bertz CT molecular complexity index is 1730. The Kier molecular flexibility index (Phi) is 7.24. The van der Waals surface area contributed by atoms with E-state index in [1.165, 1.54) is 31.7 Å². The van der Waals surface area contributed by atoms with Crippen molar-refractivity contribution >= 4 is 30.2 Å². The minimum Gasteiger partial charge on any atom is -0.405 e. The van der Waals surface area contributed by atoms with Crippen molar-refractivity contribution in [3.8, 4) is 28.4 Å². The zero-order chi connectivity index (χ0) is 30.6. The van der Waals surface area contributed by atoms with Crippen LogP contribution in [0.25, 0.3) is 22.6 Å². The fraction of sp³-hybridized carbons (Fsp3) is 0.296. The van der Waals surface area contributed by atoms with Gasteiger partial charge < -0.3 is 19.6 Å². The number of anilines is 1. The molecule has 0 atom stereocenters. The number of aromatic amines is 1. The highest BCUT2D eigenvalue weighted by Crippen LogP contribution is 2.48. The van der Waals surface area contributed by atoms with Crippen LogP contribution in [0.15, 0.2) is 47.5 Å². The molecule has 0 aliphatic heterocycles. The van der Waals surface area contributed by atoms with E-state index in [0.717, 1.165) is 30.7 Å². The first-order chi connectivity index (χ1) is 19.5. The van der Waals surface area contributed by atoms with Crippen LogP contribution in [0.3, 0.4) is 0 Å². The van der Waals surface area contributed by atoms with Crippen molar-refractivity contribution in [1.82, 2.24) is 19.7 Å². The van der Waals surface area contributed by atoms with Crippen LogP contribution in [-0.2, 0) is 17.8 Å². The van der Waals surface area contributed by atoms with Gasteiger partial charge in [-0.15, -0.1) is 13.2 Å². The number of nitrogens with one attached hydrogen (secondary N) is 1. The third kappa shape index (κ3) is 6.08. The molecule has 8 nitrogen and oxygen atoms in total. The van der Waals surface area contributed by atoms with Gasteiger partial charge in [0.25, 0.3) is 0 Å². The molecule has 1 saturated carbocycles. The highest BCUT2D eigenvalue weighted by Gasteiger charge is 2.36. The van der Waals surface area contributed by atoms with Gasteiger partial charge in [-0.3, -0.25) is 5.10 Å². The minimum absolute atomic E-state index is 0.0375. The quantitative estimate of drug-likeness (QED) is 0.103. The summed E-state index contributed by atoms with van der Waals surface area (Å²) in [7, 11) is -1.24. The number of nitrogens with two attached hydrogens (primary N) is 1. The van der Waals surface area contributed by atoms with Crippen molar-refractivity contribution in [2.45, 2.75) is 31.3 Å². The molecule has 222 valence electrons. The van der Waals surface area contributed by atoms with Crippen molar-refractivity contribution in [1.29, 1.82) is 0 Å². The lowest BCUT2D eigenvalue weighted by atomic mass is 10.0. The van der Waals surface area contributed by atoms with Crippen LogP contribution >= 0.6 is 7.14 Å². The van der Waals surface area contributed by atoms with Gasteiger partial charge in [0.15, 0.2) is 5.82 Å². The minimum atomic E-state index is -5.01. The first-order valence-corrected chi connectivity index (χ1v) is 15.2. The van der Waals surface area contributed by atoms with E-state index >= 15 is 0 Å². The summed E-state index contributed by atoms with van der Waals surface area (Å²) in [6.45, 7) is 2.89. The topological polar surface area (TPSA) is 111 Å². The molecule has 2 aromatic carbocycles. The second-order valence-electron chi connectivity index (χ2n) is 10.3. The maximum Gasteiger partial charge on any atom is 0.573 e. The van der Waals surface area contributed by atoms with Gasteiger partial charge in [0.2, 0.25) is 0 Å². The second kappa shape index (κ2) is 10.3. The van der Waals surface area contributed by atoms with E-state index in [0.29, 0.717) is 16.8 Å². The molecular formula is C27H25F6N6O2P. The Morgan fingerprint density at radius 1 is 1.10 bits per heavy atom. The number of alkyl halides is 6. The van der Waals surface area contributed by atoms with E-state index in [2.05, 4.69) is 14.8 Å². The van der Waals surface area contributed by atoms with Crippen LogP contribution in [-0.4, -0.2) is 45.7 Å². The Morgan fingerprint density at radius 3 is 2.40 bits per heavy atom. The van der Waals surface area contributed by atoms with Crippen LogP contribution in [0.5, 0.6) is 5.75 Å². The molecule has 4 aromatic rings. The van der Waals surface area contributed by atoms with Crippen LogP contribution in [0, 0.1) is 0 Å². The Morgan fingerprint density at radius 2 is 1.81 bits per heavy atom. The van der Waals surface area contributed by atoms with Gasteiger partial charge in [-0.2, -0.15) is 18.3 Å². The van der Waals surface area contributed by atoms with Gasteiger partial charge >= 0.3 is 12.5 Å². The summed E-state index contributed by atoms with van der Waals surface area (Å²) in [6, 6.07) is 9.70. The van der Waals surface area contributed by atoms with Gasteiger partial charge in [0, 0.05) is 53.1 Å². The molecule has 1 aliphatic carbocycles. The second-order valence-corrected chi connectivity index (χ2v) is 13.5. The molecule has 3 N–H and O–H groups in total. The molecule has 0 unspecified atom stereocenters. The predicted molar refractivity (Wildman–Crippen MR) is 147 cm³/mol. The SMILES string of the molecule is Cn1c(-c2ccc(P(C)(C)=O)cc2OC(F)(F)F)nc(-c2cccc(N)c2C=Nc2cc(C(F)(F)F)[nH]n2)c1C1CC1.